The number of ether oxygens (including phenoxy) is 1. The minimum Gasteiger partial charge on any atom is -0.505 e. The number of rotatable bonds is 2. The lowest BCUT2D eigenvalue weighted by atomic mass is 10.2. The zero-order valence-corrected chi connectivity index (χ0v) is 10.9. The Morgan fingerprint density at radius 2 is 2.37 bits per heavy atom. The van der Waals surface area contributed by atoms with Gasteiger partial charge in [-0.2, -0.15) is 5.10 Å². The van der Waals surface area contributed by atoms with Crippen molar-refractivity contribution < 1.29 is 9.84 Å². The highest BCUT2D eigenvalue weighted by molar-refractivity contribution is 5.80. The van der Waals surface area contributed by atoms with Gasteiger partial charge >= 0.3 is 0 Å². The van der Waals surface area contributed by atoms with Crippen LogP contribution in [0.25, 0.3) is 11.0 Å². The third kappa shape index (κ3) is 2.02. The maximum Gasteiger partial charge on any atom is 0.254 e. The molecule has 0 spiro atoms. The van der Waals surface area contributed by atoms with Gasteiger partial charge in [0.25, 0.3) is 5.56 Å². The van der Waals surface area contributed by atoms with Crippen molar-refractivity contribution in [2.75, 3.05) is 6.61 Å². The van der Waals surface area contributed by atoms with Crippen molar-refractivity contribution >= 4 is 11.0 Å². The summed E-state index contributed by atoms with van der Waals surface area (Å²) in [4.78, 5) is 11.8. The van der Waals surface area contributed by atoms with Crippen LogP contribution in [0.5, 0.6) is 5.75 Å². The lowest BCUT2D eigenvalue weighted by molar-refractivity contribution is -0.0391. The fourth-order valence-electron chi connectivity index (χ4n) is 2.55. The second-order valence-electron chi connectivity index (χ2n) is 4.78. The molecule has 0 aliphatic carbocycles. The van der Waals surface area contributed by atoms with Crippen molar-refractivity contribution in [2.45, 2.75) is 39.0 Å². The van der Waals surface area contributed by atoms with E-state index < -0.39 is 0 Å². The Morgan fingerprint density at radius 3 is 3.05 bits per heavy atom. The highest BCUT2D eigenvalue weighted by atomic mass is 16.5. The quantitative estimate of drug-likeness (QED) is 0.894. The number of nitrogens with zero attached hydrogens (tertiary/aromatic N) is 3. The molecule has 3 heterocycles. The molecule has 1 saturated heterocycles. The van der Waals surface area contributed by atoms with Gasteiger partial charge in [-0.25, -0.2) is 4.68 Å². The molecule has 3 rings (SSSR count). The minimum atomic E-state index is -0.211. The zero-order valence-electron chi connectivity index (χ0n) is 10.9. The van der Waals surface area contributed by atoms with Gasteiger partial charge in [0.2, 0.25) is 0 Å². The van der Waals surface area contributed by atoms with Crippen LogP contribution in [-0.4, -0.2) is 26.1 Å². The highest BCUT2D eigenvalue weighted by Crippen LogP contribution is 2.26. The standard InChI is InChI=1S/C13H17N3O3/c1-2-15-9-8-16(12-5-3-4-6-19-12)14-13(9)10(17)7-11(15)18/h7-8,12,17H,2-6H2,1H3. The molecule has 0 radical (unpaired) electrons. The number of aromatic nitrogens is 3. The Labute approximate surface area is 110 Å². The van der Waals surface area contributed by atoms with E-state index in [1.54, 1.807) is 15.4 Å². The molecule has 0 amide bonds. The van der Waals surface area contributed by atoms with Crippen LogP contribution in [0.2, 0.25) is 0 Å². The molecule has 1 N–H and O–H groups in total. The summed E-state index contributed by atoms with van der Waals surface area (Å²) in [7, 11) is 0. The third-order valence-corrected chi connectivity index (χ3v) is 3.54. The topological polar surface area (TPSA) is 69.3 Å². The van der Waals surface area contributed by atoms with Crippen LogP contribution < -0.4 is 5.56 Å². The van der Waals surface area contributed by atoms with Gasteiger partial charge in [-0.15, -0.1) is 0 Å². The molecule has 2 aromatic rings. The van der Waals surface area contributed by atoms with E-state index in [-0.39, 0.29) is 17.5 Å². The van der Waals surface area contributed by atoms with Crippen LogP contribution >= 0.6 is 0 Å². The van der Waals surface area contributed by atoms with Crippen LogP contribution in [0.3, 0.4) is 0 Å². The fourth-order valence-corrected chi connectivity index (χ4v) is 2.55. The van der Waals surface area contributed by atoms with Gasteiger partial charge in [0.1, 0.15) is 6.23 Å². The average molecular weight is 263 g/mol. The molecule has 1 aliphatic rings. The summed E-state index contributed by atoms with van der Waals surface area (Å²) in [6.45, 7) is 3.17. The predicted molar refractivity (Wildman–Crippen MR) is 70.2 cm³/mol. The summed E-state index contributed by atoms with van der Waals surface area (Å²) >= 11 is 0. The van der Waals surface area contributed by atoms with Gasteiger partial charge in [-0.05, 0) is 26.2 Å². The largest absolute Gasteiger partial charge is 0.505 e. The molecule has 0 bridgehead atoms. The Morgan fingerprint density at radius 1 is 1.53 bits per heavy atom. The fraction of sp³-hybridized carbons (Fsp3) is 0.538. The average Bonchev–Trinajstić information content (AvgIpc) is 2.85. The second kappa shape index (κ2) is 4.70. The molecule has 6 heteroatoms. The smallest absolute Gasteiger partial charge is 0.254 e. The van der Waals surface area contributed by atoms with Gasteiger partial charge < -0.3 is 14.4 Å². The molecule has 0 saturated carbocycles. The van der Waals surface area contributed by atoms with Crippen molar-refractivity contribution in [1.29, 1.82) is 0 Å². The van der Waals surface area contributed by atoms with E-state index in [4.69, 9.17) is 4.74 Å². The van der Waals surface area contributed by atoms with Crippen molar-refractivity contribution in [2.24, 2.45) is 0 Å². The first-order valence-electron chi connectivity index (χ1n) is 6.64. The number of hydrogen-bond acceptors (Lipinski definition) is 4. The van der Waals surface area contributed by atoms with E-state index in [9.17, 15) is 9.90 Å². The number of hydrogen-bond donors (Lipinski definition) is 1. The Balaban J connectivity index is 2.14. The van der Waals surface area contributed by atoms with Crippen molar-refractivity contribution in [3.8, 4) is 5.75 Å². The van der Waals surface area contributed by atoms with Crippen molar-refractivity contribution in [1.82, 2.24) is 14.3 Å². The molecule has 1 atom stereocenters. The van der Waals surface area contributed by atoms with E-state index in [0.717, 1.165) is 25.9 Å². The number of aromatic hydroxyl groups is 1. The first-order valence-corrected chi connectivity index (χ1v) is 6.64. The van der Waals surface area contributed by atoms with Crippen molar-refractivity contribution in [3.05, 3.63) is 22.6 Å². The summed E-state index contributed by atoms with van der Waals surface area (Å²) in [5, 5.41) is 14.2. The first-order chi connectivity index (χ1) is 9.20. The van der Waals surface area contributed by atoms with Crippen LogP contribution in [0, 0.1) is 0 Å². The van der Waals surface area contributed by atoms with Crippen LogP contribution in [0.15, 0.2) is 17.1 Å². The van der Waals surface area contributed by atoms with Gasteiger partial charge in [0, 0.05) is 19.2 Å². The lowest BCUT2D eigenvalue weighted by Gasteiger charge is -2.22. The van der Waals surface area contributed by atoms with Gasteiger partial charge in [0.15, 0.2) is 11.3 Å². The van der Waals surface area contributed by atoms with Crippen LogP contribution in [0.1, 0.15) is 32.4 Å². The SMILES string of the molecule is CCn1c(=O)cc(O)c2nn(C3CCCCO3)cc21. The zero-order chi connectivity index (χ0) is 13.4. The molecule has 1 aliphatic heterocycles. The summed E-state index contributed by atoms with van der Waals surface area (Å²) in [6, 6.07) is 1.21. The Hall–Kier alpha value is -1.82. The third-order valence-electron chi connectivity index (χ3n) is 3.54. The predicted octanol–water partition coefficient (Wildman–Crippen LogP) is 1.62. The maximum absolute atomic E-state index is 11.8. The maximum atomic E-state index is 11.8. The van der Waals surface area contributed by atoms with Gasteiger partial charge in [0.05, 0.1) is 11.7 Å². The van der Waals surface area contributed by atoms with E-state index in [1.807, 2.05) is 6.92 Å². The summed E-state index contributed by atoms with van der Waals surface area (Å²) < 4.78 is 8.98. The lowest BCUT2D eigenvalue weighted by Crippen LogP contribution is -2.18. The van der Waals surface area contributed by atoms with Crippen LogP contribution in [-0.2, 0) is 11.3 Å². The van der Waals surface area contributed by atoms with Crippen LogP contribution in [0.4, 0.5) is 0 Å². The van der Waals surface area contributed by atoms with E-state index in [2.05, 4.69) is 5.10 Å². The van der Waals surface area contributed by atoms with Crippen molar-refractivity contribution in [3.63, 3.8) is 0 Å². The number of aryl methyl sites for hydroxylation is 1. The number of pyridine rings is 1. The Bertz CT molecular complexity index is 653. The van der Waals surface area contributed by atoms with Gasteiger partial charge in [-0.3, -0.25) is 4.79 Å². The molecular weight excluding hydrogens is 246 g/mol. The molecule has 6 nitrogen and oxygen atoms in total. The summed E-state index contributed by atoms with van der Waals surface area (Å²) in [6.07, 6.45) is 4.78. The molecule has 1 unspecified atom stereocenters. The van der Waals surface area contributed by atoms with Gasteiger partial charge in [-0.1, -0.05) is 0 Å². The minimum absolute atomic E-state index is 0.0701. The molecule has 1 fully saturated rings. The second-order valence-corrected chi connectivity index (χ2v) is 4.78. The normalized spacial score (nSPS) is 19.9. The Kier molecular flexibility index (Phi) is 3.02. The summed E-state index contributed by atoms with van der Waals surface area (Å²) in [5.74, 6) is -0.0701. The highest BCUT2D eigenvalue weighted by Gasteiger charge is 2.19. The molecule has 2 aromatic heterocycles. The molecule has 19 heavy (non-hydrogen) atoms. The molecule has 102 valence electrons. The van der Waals surface area contributed by atoms with E-state index in [0.29, 0.717) is 17.6 Å². The van der Waals surface area contributed by atoms with E-state index in [1.165, 1.54) is 6.07 Å². The number of fused-ring (bicyclic) bond motifs is 1. The molecular formula is C13H17N3O3. The first kappa shape index (κ1) is 12.2. The summed E-state index contributed by atoms with van der Waals surface area (Å²) in [5.41, 5.74) is 0.897. The molecule has 0 aromatic carbocycles. The monoisotopic (exact) mass is 263 g/mol. The van der Waals surface area contributed by atoms with E-state index >= 15 is 0 Å².